The summed E-state index contributed by atoms with van der Waals surface area (Å²) in [6.45, 7) is 10.2. The molecule has 0 saturated carbocycles. The fraction of sp³-hybridized carbons (Fsp3) is 0.0588. The average Bonchev–Trinajstić information content (AvgIpc) is 2.92. The van der Waals surface area contributed by atoms with Gasteiger partial charge in [0.25, 0.3) is 0 Å². The van der Waals surface area contributed by atoms with Gasteiger partial charge < -0.3 is 10.1 Å². The minimum atomic E-state index is 0.755. The van der Waals surface area contributed by atoms with Crippen LogP contribution in [0.3, 0.4) is 0 Å². The van der Waals surface area contributed by atoms with E-state index < -0.39 is 0 Å². The molecule has 0 bridgehead atoms. The molecule has 4 aromatic carbocycles. The zero-order valence-electron chi connectivity index (χ0n) is 20.5. The molecular weight excluding hydrogens is 438 g/mol. The molecule has 0 saturated heterocycles. The summed E-state index contributed by atoms with van der Waals surface area (Å²) < 4.78 is 6.26. The number of nitrogens with one attached hydrogen (secondary N) is 1. The molecule has 0 aromatic heterocycles. The Hall–Kier alpha value is -4.56. The maximum atomic E-state index is 6.26. The lowest BCUT2D eigenvalue weighted by atomic mass is 9.97. The lowest BCUT2D eigenvalue weighted by molar-refractivity contribution is 0.394. The van der Waals surface area contributed by atoms with Crippen molar-refractivity contribution in [3.05, 3.63) is 151 Å². The maximum Gasteiger partial charge on any atom is 0.134 e. The summed E-state index contributed by atoms with van der Waals surface area (Å²) in [7, 11) is 0. The zero-order chi connectivity index (χ0) is 24.9. The van der Waals surface area contributed by atoms with E-state index in [9.17, 15) is 0 Å². The van der Waals surface area contributed by atoms with E-state index in [1.807, 2.05) is 24.3 Å². The Kier molecular flexibility index (Phi) is 6.68. The topological polar surface area (TPSA) is 21.3 Å². The number of rotatable bonds is 6. The average molecular weight is 468 g/mol. The molecule has 0 aliphatic carbocycles. The molecule has 1 aliphatic heterocycles. The van der Waals surface area contributed by atoms with Crippen molar-refractivity contribution < 1.29 is 4.74 Å². The molecule has 5 rings (SSSR count). The number of allylic oxidation sites excluding steroid dienone is 6. The summed E-state index contributed by atoms with van der Waals surface area (Å²) in [6, 6.07) is 31.7. The highest BCUT2D eigenvalue weighted by molar-refractivity contribution is 6.04. The van der Waals surface area contributed by atoms with Gasteiger partial charge in [-0.2, -0.15) is 0 Å². The molecule has 0 amide bonds. The lowest BCUT2D eigenvalue weighted by Gasteiger charge is -2.18. The van der Waals surface area contributed by atoms with Crippen molar-refractivity contribution >= 4 is 27.9 Å². The maximum absolute atomic E-state index is 6.26. The Morgan fingerprint density at radius 2 is 1.53 bits per heavy atom. The predicted molar refractivity (Wildman–Crippen MR) is 154 cm³/mol. The molecule has 0 unspecified atom stereocenters. The van der Waals surface area contributed by atoms with Crippen LogP contribution in [0, 0.1) is 0 Å². The van der Waals surface area contributed by atoms with Gasteiger partial charge in [-0.3, -0.25) is 0 Å². The van der Waals surface area contributed by atoms with Gasteiger partial charge in [-0.25, -0.2) is 0 Å². The van der Waals surface area contributed by atoms with Crippen LogP contribution in [-0.2, 0) is 4.74 Å². The Labute approximate surface area is 213 Å². The highest BCUT2D eigenvalue weighted by Crippen LogP contribution is 2.35. The third kappa shape index (κ3) is 4.67. The normalized spacial score (nSPS) is 17.9. The second-order valence-electron chi connectivity index (χ2n) is 8.69. The highest BCUT2D eigenvalue weighted by atomic mass is 16.5. The second kappa shape index (κ2) is 10.4. The van der Waals surface area contributed by atoms with Gasteiger partial charge in [-0.1, -0.05) is 92.9 Å². The molecule has 0 spiro atoms. The molecule has 36 heavy (non-hydrogen) atoms. The molecule has 1 aliphatic rings. The predicted octanol–water partition coefficient (Wildman–Crippen LogP) is 9.58. The third-order valence-corrected chi connectivity index (χ3v) is 6.45. The van der Waals surface area contributed by atoms with Crippen LogP contribution in [0.1, 0.15) is 18.9 Å². The monoisotopic (exact) mass is 467 g/mol. The van der Waals surface area contributed by atoms with E-state index in [0.717, 1.165) is 46.0 Å². The largest absolute Gasteiger partial charge is 0.456 e. The molecule has 0 radical (unpaired) electrons. The minimum Gasteiger partial charge on any atom is -0.456 e. The van der Waals surface area contributed by atoms with Crippen molar-refractivity contribution in [2.45, 2.75) is 13.3 Å². The van der Waals surface area contributed by atoms with E-state index in [2.05, 4.69) is 110 Å². The summed E-state index contributed by atoms with van der Waals surface area (Å²) in [6.07, 6.45) is 8.57. The van der Waals surface area contributed by atoms with Crippen LogP contribution in [0.4, 0.5) is 11.4 Å². The van der Waals surface area contributed by atoms with Crippen LogP contribution in [-0.4, -0.2) is 0 Å². The minimum absolute atomic E-state index is 0.755. The van der Waals surface area contributed by atoms with E-state index in [1.54, 1.807) is 6.08 Å². The van der Waals surface area contributed by atoms with Crippen molar-refractivity contribution in [3.63, 3.8) is 0 Å². The van der Waals surface area contributed by atoms with Crippen LogP contribution in [0.15, 0.2) is 145 Å². The fourth-order valence-corrected chi connectivity index (χ4v) is 4.60. The first-order valence-electron chi connectivity index (χ1n) is 12.2. The molecule has 2 nitrogen and oxygen atoms in total. The summed E-state index contributed by atoms with van der Waals surface area (Å²) in [5.74, 6) is 1.54. The van der Waals surface area contributed by atoms with Gasteiger partial charge in [0.15, 0.2) is 0 Å². The Morgan fingerprint density at radius 1 is 0.806 bits per heavy atom. The third-order valence-electron chi connectivity index (χ3n) is 6.45. The first-order chi connectivity index (χ1) is 17.7. The van der Waals surface area contributed by atoms with E-state index in [-0.39, 0.29) is 0 Å². The van der Waals surface area contributed by atoms with Gasteiger partial charge in [0.05, 0.1) is 0 Å². The van der Waals surface area contributed by atoms with E-state index in [1.165, 1.54) is 21.9 Å². The van der Waals surface area contributed by atoms with Crippen molar-refractivity contribution in [2.24, 2.45) is 0 Å². The van der Waals surface area contributed by atoms with Crippen LogP contribution >= 0.6 is 0 Å². The summed E-state index contributed by atoms with van der Waals surface area (Å²) in [5.41, 5.74) is 7.55. The van der Waals surface area contributed by atoms with Gasteiger partial charge in [-0.05, 0) is 71.0 Å². The highest BCUT2D eigenvalue weighted by Gasteiger charge is 2.13. The SMILES string of the molecule is C=C/C1=C(\CC)C(=C)/C=C\C=C(\c2ccc(Nc3ccc(-c4ccccc4)c4ccccc34)cc2)O1. The smallest absolute Gasteiger partial charge is 0.134 e. The second-order valence-corrected chi connectivity index (χ2v) is 8.69. The summed E-state index contributed by atoms with van der Waals surface area (Å²) >= 11 is 0. The quantitative estimate of drug-likeness (QED) is 0.305. The van der Waals surface area contributed by atoms with Gasteiger partial charge in [-0.15, -0.1) is 0 Å². The lowest BCUT2D eigenvalue weighted by Crippen LogP contribution is -1.99. The fourth-order valence-electron chi connectivity index (χ4n) is 4.60. The van der Waals surface area contributed by atoms with Gasteiger partial charge in [0, 0.05) is 27.9 Å². The summed E-state index contributed by atoms with van der Waals surface area (Å²) in [5, 5.41) is 6.02. The molecule has 2 heteroatoms. The number of ether oxygens (including phenoxy) is 1. The number of hydrogen-bond donors (Lipinski definition) is 1. The van der Waals surface area contributed by atoms with Crippen molar-refractivity contribution in [2.75, 3.05) is 5.32 Å². The van der Waals surface area contributed by atoms with Crippen molar-refractivity contribution in [1.29, 1.82) is 0 Å². The van der Waals surface area contributed by atoms with E-state index >= 15 is 0 Å². The van der Waals surface area contributed by atoms with E-state index in [4.69, 9.17) is 4.74 Å². The Morgan fingerprint density at radius 3 is 2.25 bits per heavy atom. The molecule has 176 valence electrons. The van der Waals surface area contributed by atoms with Gasteiger partial charge in [0.2, 0.25) is 0 Å². The first-order valence-corrected chi connectivity index (χ1v) is 12.2. The van der Waals surface area contributed by atoms with Crippen LogP contribution in [0.2, 0.25) is 0 Å². The van der Waals surface area contributed by atoms with Crippen molar-refractivity contribution in [3.8, 4) is 11.1 Å². The van der Waals surface area contributed by atoms with E-state index in [0.29, 0.717) is 0 Å². The molecular formula is C34H29NO. The number of benzene rings is 4. The van der Waals surface area contributed by atoms with Crippen LogP contribution < -0.4 is 5.32 Å². The Balaban J connectivity index is 1.44. The summed E-state index contributed by atoms with van der Waals surface area (Å²) in [4.78, 5) is 0. The van der Waals surface area contributed by atoms with Gasteiger partial charge >= 0.3 is 0 Å². The molecule has 0 atom stereocenters. The Bertz CT molecular complexity index is 1520. The molecule has 0 fully saturated rings. The molecule has 1 N–H and O–H groups in total. The van der Waals surface area contributed by atoms with Crippen LogP contribution in [0.25, 0.3) is 27.7 Å². The van der Waals surface area contributed by atoms with Gasteiger partial charge in [0.1, 0.15) is 11.5 Å². The first kappa shape index (κ1) is 23.2. The zero-order valence-corrected chi connectivity index (χ0v) is 20.5. The standard InChI is InChI=1S/C34H29NO/c1-4-28-24(3)12-11-17-34(36-33(28)5-2)26-18-20-27(21-19-26)35-32-23-22-29(25-13-7-6-8-14-25)30-15-9-10-16-31(30)32/h5-23,35H,2-4H2,1H3/b12-11-,33-28-,34-17-. The molecule has 4 aromatic rings. The number of hydrogen-bond acceptors (Lipinski definition) is 2. The van der Waals surface area contributed by atoms with Crippen molar-refractivity contribution in [1.82, 2.24) is 0 Å². The number of anilines is 2. The van der Waals surface area contributed by atoms with Crippen LogP contribution in [0.5, 0.6) is 0 Å². The molecule has 1 heterocycles. The number of fused-ring (bicyclic) bond motifs is 1.